The Morgan fingerprint density at radius 2 is 1.88 bits per heavy atom. The quantitative estimate of drug-likeness (QED) is 0.711. The molecule has 0 aliphatic heterocycles. The number of carbonyl (C=O) groups is 2. The molecule has 2 rings (SSSR count). The second kappa shape index (κ2) is 9.03. The van der Waals surface area contributed by atoms with Crippen LogP contribution in [0.2, 0.25) is 0 Å². The summed E-state index contributed by atoms with van der Waals surface area (Å²) in [5.74, 6) is 0.877. The Morgan fingerprint density at radius 3 is 2.42 bits per heavy atom. The van der Waals surface area contributed by atoms with Crippen LogP contribution in [0.4, 0.5) is 10.5 Å². The first kappa shape index (κ1) is 19.5. The first-order valence-electron chi connectivity index (χ1n) is 8.85. The van der Waals surface area contributed by atoms with E-state index >= 15 is 0 Å². The Morgan fingerprint density at radius 1 is 1.19 bits per heavy atom. The Balaban J connectivity index is 1.98. The maximum atomic E-state index is 12.4. The highest BCUT2D eigenvalue weighted by molar-refractivity contribution is 5.95. The molecule has 0 aliphatic rings. The summed E-state index contributed by atoms with van der Waals surface area (Å²) in [6, 6.07) is 6.31. The zero-order chi connectivity index (χ0) is 19.1. The summed E-state index contributed by atoms with van der Waals surface area (Å²) in [7, 11) is 1.90. The first-order valence-corrected chi connectivity index (χ1v) is 8.85. The number of nitrogens with one attached hydrogen (secondary N) is 3. The van der Waals surface area contributed by atoms with Crippen LogP contribution in [0.15, 0.2) is 36.7 Å². The lowest BCUT2D eigenvalue weighted by Gasteiger charge is -2.22. The molecule has 0 saturated heterocycles. The molecule has 1 heterocycles. The molecule has 140 valence electrons. The van der Waals surface area contributed by atoms with Crippen molar-refractivity contribution >= 4 is 17.6 Å². The lowest BCUT2D eigenvalue weighted by atomic mass is 10.0. The fourth-order valence-corrected chi connectivity index (χ4v) is 2.56. The maximum absolute atomic E-state index is 12.4. The van der Waals surface area contributed by atoms with E-state index in [0.29, 0.717) is 17.8 Å². The number of aryl methyl sites for hydroxylation is 1. The van der Waals surface area contributed by atoms with Gasteiger partial charge in [0.1, 0.15) is 5.82 Å². The van der Waals surface area contributed by atoms with Crippen LogP contribution >= 0.6 is 0 Å². The van der Waals surface area contributed by atoms with E-state index in [2.05, 4.69) is 20.9 Å². The van der Waals surface area contributed by atoms with Gasteiger partial charge in [-0.05, 0) is 36.6 Å². The normalized spacial score (nSPS) is 11.9. The van der Waals surface area contributed by atoms with Gasteiger partial charge in [-0.3, -0.25) is 4.79 Å². The van der Waals surface area contributed by atoms with Crippen molar-refractivity contribution in [2.24, 2.45) is 13.0 Å². The van der Waals surface area contributed by atoms with Crippen molar-refractivity contribution in [1.82, 2.24) is 20.2 Å². The molecule has 0 radical (unpaired) electrons. The van der Waals surface area contributed by atoms with Gasteiger partial charge in [0.2, 0.25) is 0 Å². The number of imidazole rings is 1. The molecule has 0 fully saturated rings. The molecule has 7 heteroatoms. The van der Waals surface area contributed by atoms with E-state index in [-0.39, 0.29) is 23.9 Å². The molecule has 3 amide bonds. The summed E-state index contributed by atoms with van der Waals surface area (Å²) in [6.07, 6.45) is 4.46. The molecule has 0 aliphatic carbocycles. The van der Waals surface area contributed by atoms with Gasteiger partial charge in [0.15, 0.2) is 0 Å². The number of nitrogens with zero attached hydrogens (tertiary/aromatic N) is 2. The number of amides is 3. The lowest BCUT2D eigenvalue weighted by molar-refractivity contribution is 0.0953. The first-order chi connectivity index (χ1) is 12.4. The monoisotopic (exact) mass is 357 g/mol. The van der Waals surface area contributed by atoms with Crippen molar-refractivity contribution in [2.45, 2.75) is 33.2 Å². The minimum absolute atomic E-state index is 0.113. The smallest absolute Gasteiger partial charge is 0.319 e. The number of benzene rings is 1. The van der Waals surface area contributed by atoms with E-state index in [4.69, 9.17) is 0 Å². The predicted molar refractivity (Wildman–Crippen MR) is 102 cm³/mol. The molecule has 0 spiro atoms. The highest BCUT2D eigenvalue weighted by Crippen LogP contribution is 2.20. The van der Waals surface area contributed by atoms with Crippen LogP contribution in [-0.4, -0.2) is 28.0 Å². The lowest BCUT2D eigenvalue weighted by Crippen LogP contribution is -2.36. The minimum Gasteiger partial charge on any atom is -0.352 e. The van der Waals surface area contributed by atoms with Gasteiger partial charge in [0, 0.05) is 37.2 Å². The molecular weight excluding hydrogens is 330 g/mol. The van der Waals surface area contributed by atoms with E-state index in [1.54, 1.807) is 30.5 Å². The Bertz CT molecular complexity index is 737. The van der Waals surface area contributed by atoms with Crippen LogP contribution in [0.25, 0.3) is 0 Å². The highest BCUT2D eigenvalue weighted by Gasteiger charge is 2.22. The molecular formula is C19H27N5O2. The van der Waals surface area contributed by atoms with Gasteiger partial charge in [0.05, 0.1) is 6.04 Å². The average Bonchev–Trinajstić information content (AvgIpc) is 3.03. The zero-order valence-corrected chi connectivity index (χ0v) is 15.7. The van der Waals surface area contributed by atoms with Crippen molar-refractivity contribution in [3.8, 4) is 0 Å². The molecule has 1 aromatic heterocycles. The third-order valence-electron chi connectivity index (χ3n) is 4.03. The second-order valence-electron chi connectivity index (χ2n) is 6.55. The van der Waals surface area contributed by atoms with E-state index in [1.807, 2.05) is 38.6 Å². The number of hydrogen-bond donors (Lipinski definition) is 3. The van der Waals surface area contributed by atoms with Gasteiger partial charge >= 0.3 is 6.03 Å². The van der Waals surface area contributed by atoms with Crippen LogP contribution in [0.3, 0.4) is 0 Å². The summed E-state index contributed by atoms with van der Waals surface area (Å²) in [5.41, 5.74) is 1.19. The standard InChI is InChI=1S/C19H27N5O2/c1-5-10-21-18(25)14-6-8-15(9-7-14)22-19(26)23-16(13(2)3)17-20-11-12-24(17)4/h6-9,11-13,16H,5,10H2,1-4H3,(H,21,25)(H2,22,23,26). The Labute approximate surface area is 154 Å². The molecule has 3 N–H and O–H groups in total. The highest BCUT2D eigenvalue weighted by atomic mass is 16.2. The summed E-state index contributed by atoms with van der Waals surface area (Å²) in [4.78, 5) is 28.6. The van der Waals surface area contributed by atoms with Crippen molar-refractivity contribution in [3.63, 3.8) is 0 Å². The molecule has 1 atom stereocenters. The van der Waals surface area contributed by atoms with Gasteiger partial charge in [-0.2, -0.15) is 0 Å². The van der Waals surface area contributed by atoms with Crippen LogP contribution in [0, 0.1) is 5.92 Å². The third-order valence-corrected chi connectivity index (χ3v) is 4.03. The number of aromatic nitrogens is 2. The average molecular weight is 357 g/mol. The molecule has 26 heavy (non-hydrogen) atoms. The van der Waals surface area contributed by atoms with Gasteiger partial charge < -0.3 is 20.5 Å². The topological polar surface area (TPSA) is 88.1 Å². The number of hydrogen-bond acceptors (Lipinski definition) is 3. The van der Waals surface area contributed by atoms with Crippen LogP contribution in [0.5, 0.6) is 0 Å². The predicted octanol–water partition coefficient (Wildman–Crippen LogP) is 3.08. The number of rotatable bonds is 7. The van der Waals surface area contributed by atoms with Crippen molar-refractivity contribution in [3.05, 3.63) is 48.0 Å². The zero-order valence-electron chi connectivity index (χ0n) is 15.7. The minimum atomic E-state index is -0.310. The SMILES string of the molecule is CCCNC(=O)c1ccc(NC(=O)NC(c2nccn2C)C(C)C)cc1. The van der Waals surface area contributed by atoms with Gasteiger partial charge in [-0.1, -0.05) is 20.8 Å². The van der Waals surface area contributed by atoms with Crippen molar-refractivity contribution < 1.29 is 9.59 Å². The fraction of sp³-hybridized carbons (Fsp3) is 0.421. The molecule has 7 nitrogen and oxygen atoms in total. The summed E-state index contributed by atoms with van der Waals surface area (Å²) >= 11 is 0. The number of anilines is 1. The Kier molecular flexibility index (Phi) is 6.77. The largest absolute Gasteiger partial charge is 0.352 e. The molecule has 0 bridgehead atoms. The van der Waals surface area contributed by atoms with Crippen molar-refractivity contribution in [2.75, 3.05) is 11.9 Å². The van der Waals surface area contributed by atoms with E-state index < -0.39 is 0 Å². The Hall–Kier alpha value is -2.83. The van der Waals surface area contributed by atoms with Crippen LogP contribution in [0.1, 0.15) is 49.4 Å². The van der Waals surface area contributed by atoms with Gasteiger partial charge in [-0.15, -0.1) is 0 Å². The second-order valence-corrected chi connectivity index (χ2v) is 6.55. The summed E-state index contributed by atoms with van der Waals surface area (Å²) in [5, 5.41) is 8.58. The molecule has 0 saturated carbocycles. The van der Waals surface area contributed by atoms with Crippen molar-refractivity contribution in [1.29, 1.82) is 0 Å². The van der Waals surface area contributed by atoms with Crippen LogP contribution in [-0.2, 0) is 7.05 Å². The third kappa shape index (κ3) is 5.08. The summed E-state index contributed by atoms with van der Waals surface area (Å²) in [6.45, 7) is 6.71. The van der Waals surface area contributed by atoms with E-state index in [0.717, 1.165) is 12.2 Å². The number of urea groups is 1. The van der Waals surface area contributed by atoms with Crippen LogP contribution < -0.4 is 16.0 Å². The van der Waals surface area contributed by atoms with E-state index in [9.17, 15) is 9.59 Å². The van der Waals surface area contributed by atoms with Gasteiger partial charge in [0.25, 0.3) is 5.91 Å². The van der Waals surface area contributed by atoms with E-state index in [1.165, 1.54) is 0 Å². The summed E-state index contributed by atoms with van der Waals surface area (Å²) < 4.78 is 1.90. The maximum Gasteiger partial charge on any atom is 0.319 e. The molecule has 2 aromatic rings. The van der Waals surface area contributed by atoms with Gasteiger partial charge in [-0.25, -0.2) is 9.78 Å². The molecule has 1 aromatic carbocycles. The number of carbonyl (C=O) groups excluding carboxylic acids is 2. The molecule has 1 unspecified atom stereocenters. The fourth-order valence-electron chi connectivity index (χ4n) is 2.56.